The Hall–Kier alpha value is -4.37. The van der Waals surface area contributed by atoms with Gasteiger partial charge in [0.25, 0.3) is 15.9 Å². The van der Waals surface area contributed by atoms with E-state index >= 15 is 0 Å². The minimum Gasteiger partial charge on any atom is -0.497 e. The van der Waals surface area contributed by atoms with Gasteiger partial charge in [-0.2, -0.15) is 5.10 Å². The van der Waals surface area contributed by atoms with Crippen LogP contribution < -0.4 is 14.5 Å². The molecule has 0 fully saturated rings. The molecule has 0 spiro atoms. The minimum absolute atomic E-state index is 0.0794. The van der Waals surface area contributed by atoms with E-state index in [4.69, 9.17) is 4.74 Å². The number of carbonyl (C=O) groups excluding carboxylic acids is 1. The second-order valence-electron chi connectivity index (χ2n) is 8.82. The van der Waals surface area contributed by atoms with Gasteiger partial charge in [-0.3, -0.25) is 9.10 Å². The van der Waals surface area contributed by atoms with Crippen LogP contribution in [0.5, 0.6) is 5.75 Å². The van der Waals surface area contributed by atoms with Crippen molar-refractivity contribution in [2.24, 2.45) is 5.10 Å². The fraction of sp³-hybridized carbons (Fsp3) is 0.172. The van der Waals surface area contributed by atoms with E-state index in [2.05, 4.69) is 21.2 Å². The van der Waals surface area contributed by atoms with Crippen molar-refractivity contribution in [3.8, 4) is 11.4 Å². The SMILES string of the molecule is COc1ccc(N(CC(=O)N/N=C\c2cc(C)n(-c3cccc(C)c3)c2C)S(=O)(=O)c2ccccc2)cc1. The van der Waals surface area contributed by atoms with E-state index in [0.717, 1.165) is 32.5 Å². The van der Waals surface area contributed by atoms with Crippen LogP contribution in [-0.4, -0.2) is 38.8 Å². The first kappa shape index (κ1) is 26.7. The zero-order chi connectivity index (χ0) is 27.3. The zero-order valence-corrected chi connectivity index (χ0v) is 22.6. The molecule has 0 atom stereocenters. The Kier molecular flexibility index (Phi) is 7.97. The van der Waals surface area contributed by atoms with Crippen LogP contribution in [0.2, 0.25) is 0 Å². The van der Waals surface area contributed by atoms with Gasteiger partial charge in [-0.15, -0.1) is 0 Å². The highest BCUT2D eigenvalue weighted by Gasteiger charge is 2.27. The Morgan fingerprint density at radius 2 is 1.68 bits per heavy atom. The van der Waals surface area contributed by atoms with E-state index < -0.39 is 22.5 Å². The predicted octanol–water partition coefficient (Wildman–Crippen LogP) is 4.76. The lowest BCUT2D eigenvalue weighted by molar-refractivity contribution is -0.119. The number of aromatic nitrogens is 1. The quantitative estimate of drug-likeness (QED) is 0.250. The van der Waals surface area contributed by atoms with Gasteiger partial charge >= 0.3 is 0 Å². The Balaban J connectivity index is 1.55. The Labute approximate surface area is 223 Å². The summed E-state index contributed by atoms with van der Waals surface area (Å²) in [6.07, 6.45) is 1.57. The second kappa shape index (κ2) is 11.4. The van der Waals surface area contributed by atoms with Gasteiger partial charge in [0.05, 0.1) is 23.9 Å². The molecule has 1 amide bonds. The summed E-state index contributed by atoms with van der Waals surface area (Å²) in [4.78, 5) is 13.0. The van der Waals surface area contributed by atoms with Gasteiger partial charge in [0.2, 0.25) is 0 Å². The highest BCUT2D eigenvalue weighted by atomic mass is 32.2. The second-order valence-corrected chi connectivity index (χ2v) is 10.7. The van der Waals surface area contributed by atoms with Crippen molar-refractivity contribution < 1.29 is 17.9 Å². The van der Waals surface area contributed by atoms with Crippen molar-refractivity contribution >= 4 is 27.8 Å². The summed E-state index contributed by atoms with van der Waals surface area (Å²) in [5.41, 5.74) is 7.84. The van der Waals surface area contributed by atoms with Gasteiger partial charge in [-0.05, 0) is 80.9 Å². The van der Waals surface area contributed by atoms with Crippen LogP contribution in [0.25, 0.3) is 5.69 Å². The molecule has 0 unspecified atom stereocenters. The van der Waals surface area contributed by atoms with E-state index in [1.807, 2.05) is 45.0 Å². The number of benzene rings is 3. The van der Waals surface area contributed by atoms with Crippen LogP contribution in [0.15, 0.2) is 94.9 Å². The zero-order valence-electron chi connectivity index (χ0n) is 21.8. The molecule has 3 aromatic carbocycles. The highest BCUT2D eigenvalue weighted by Crippen LogP contribution is 2.26. The molecular formula is C29H30N4O4S. The first-order valence-corrected chi connectivity index (χ1v) is 13.4. The van der Waals surface area contributed by atoms with Crippen LogP contribution in [-0.2, 0) is 14.8 Å². The number of hydrogen-bond donors (Lipinski definition) is 1. The smallest absolute Gasteiger partial charge is 0.264 e. The van der Waals surface area contributed by atoms with Gasteiger partial charge in [0, 0.05) is 22.6 Å². The topological polar surface area (TPSA) is 93.0 Å². The fourth-order valence-corrected chi connectivity index (χ4v) is 5.65. The standard InChI is InChI=1S/C29H30N4O4S/c1-21-9-8-10-26(17-21)33-22(2)18-24(23(33)3)19-30-31-29(34)20-32(25-13-15-27(37-4)16-14-25)38(35,36)28-11-6-5-7-12-28/h5-19H,20H2,1-4H3,(H,31,34)/b30-19-. The third-order valence-electron chi connectivity index (χ3n) is 6.10. The van der Waals surface area contributed by atoms with Gasteiger partial charge in [0.15, 0.2) is 0 Å². The first-order chi connectivity index (χ1) is 18.2. The lowest BCUT2D eigenvalue weighted by Gasteiger charge is -2.23. The summed E-state index contributed by atoms with van der Waals surface area (Å²) in [5.74, 6) is -0.00723. The number of rotatable bonds is 9. The molecule has 1 heterocycles. The van der Waals surface area contributed by atoms with Crippen LogP contribution in [0, 0.1) is 20.8 Å². The number of sulfonamides is 1. The molecule has 0 saturated heterocycles. The van der Waals surface area contributed by atoms with Gasteiger partial charge in [-0.25, -0.2) is 13.8 Å². The predicted molar refractivity (Wildman–Crippen MR) is 150 cm³/mol. The maximum absolute atomic E-state index is 13.4. The number of methoxy groups -OCH3 is 1. The molecule has 196 valence electrons. The van der Waals surface area contributed by atoms with E-state index in [9.17, 15) is 13.2 Å². The number of nitrogens with zero attached hydrogens (tertiary/aromatic N) is 3. The lowest BCUT2D eigenvalue weighted by atomic mass is 10.2. The summed E-state index contributed by atoms with van der Waals surface area (Å²) in [5, 5.41) is 4.12. The maximum atomic E-state index is 13.4. The molecule has 0 radical (unpaired) electrons. The van der Waals surface area contributed by atoms with Crippen LogP contribution >= 0.6 is 0 Å². The maximum Gasteiger partial charge on any atom is 0.264 e. The highest BCUT2D eigenvalue weighted by molar-refractivity contribution is 7.92. The molecule has 1 N–H and O–H groups in total. The van der Waals surface area contributed by atoms with Gasteiger partial charge in [0.1, 0.15) is 12.3 Å². The number of nitrogens with one attached hydrogen (secondary N) is 1. The van der Waals surface area contributed by atoms with E-state index in [1.54, 1.807) is 48.7 Å². The Bertz CT molecular complexity index is 1560. The monoisotopic (exact) mass is 530 g/mol. The molecule has 9 heteroatoms. The van der Waals surface area contributed by atoms with Crippen molar-refractivity contribution in [2.45, 2.75) is 25.7 Å². The normalized spacial score (nSPS) is 11.5. The van der Waals surface area contributed by atoms with Gasteiger partial charge in [-0.1, -0.05) is 30.3 Å². The summed E-state index contributed by atoms with van der Waals surface area (Å²) in [6.45, 7) is 5.58. The Morgan fingerprint density at radius 1 is 0.974 bits per heavy atom. The van der Waals surface area contributed by atoms with Crippen molar-refractivity contribution in [3.05, 3.63) is 107 Å². The molecule has 0 aliphatic carbocycles. The van der Waals surface area contributed by atoms with Crippen molar-refractivity contribution in [1.29, 1.82) is 0 Å². The molecule has 4 aromatic rings. The van der Waals surface area contributed by atoms with Crippen LogP contribution in [0.3, 0.4) is 0 Å². The molecule has 0 saturated carbocycles. The average Bonchev–Trinajstić information content (AvgIpc) is 3.20. The van der Waals surface area contributed by atoms with E-state index in [-0.39, 0.29) is 4.90 Å². The number of carbonyl (C=O) groups is 1. The molecule has 0 aliphatic heterocycles. The van der Waals surface area contributed by atoms with Crippen LogP contribution in [0.1, 0.15) is 22.5 Å². The summed E-state index contributed by atoms with van der Waals surface area (Å²) in [6, 6.07) is 24.6. The number of amides is 1. The average molecular weight is 531 g/mol. The van der Waals surface area contributed by atoms with Gasteiger partial charge < -0.3 is 9.30 Å². The molecule has 0 aliphatic rings. The number of ether oxygens (including phenoxy) is 1. The fourth-order valence-electron chi connectivity index (χ4n) is 4.21. The first-order valence-electron chi connectivity index (χ1n) is 12.0. The minimum atomic E-state index is -4.01. The van der Waals surface area contributed by atoms with Crippen molar-refractivity contribution in [1.82, 2.24) is 9.99 Å². The molecule has 0 bridgehead atoms. The summed E-state index contributed by atoms with van der Waals surface area (Å²) in [7, 11) is -2.49. The van der Waals surface area contributed by atoms with Crippen LogP contribution in [0.4, 0.5) is 5.69 Å². The molecule has 4 rings (SSSR count). The number of hydrazone groups is 1. The molecule has 8 nitrogen and oxygen atoms in total. The number of anilines is 1. The summed E-state index contributed by atoms with van der Waals surface area (Å²) < 4.78 is 35.2. The van der Waals surface area contributed by atoms with Crippen molar-refractivity contribution in [2.75, 3.05) is 18.0 Å². The van der Waals surface area contributed by atoms with E-state index in [0.29, 0.717) is 11.4 Å². The number of aryl methyl sites for hydroxylation is 2. The van der Waals surface area contributed by atoms with E-state index in [1.165, 1.54) is 19.2 Å². The van der Waals surface area contributed by atoms with Crippen molar-refractivity contribution in [3.63, 3.8) is 0 Å². The third-order valence-corrected chi connectivity index (χ3v) is 7.89. The Morgan fingerprint density at radius 3 is 2.34 bits per heavy atom. The largest absolute Gasteiger partial charge is 0.497 e. The third kappa shape index (κ3) is 5.78. The number of hydrogen-bond acceptors (Lipinski definition) is 5. The molecular weight excluding hydrogens is 500 g/mol. The summed E-state index contributed by atoms with van der Waals surface area (Å²) >= 11 is 0. The molecule has 38 heavy (non-hydrogen) atoms. The lowest BCUT2D eigenvalue weighted by Crippen LogP contribution is -2.39. The molecule has 1 aromatic heterocycles.